The van der Waals surface area contributed by atoms with Crippen LogP contribution in [0.5, 0.6) is 0 Å². The standard InChI is InChI=1S/C10H17N3/c1-3-9-6-10(13(2)12-9)11-7-8-4-5-8/h6,8,11H,3-5,7H2,1-2H3. The monoisotopic (exact) mass is 179 g/mol. The van der Waals surface area contributed by atoms with E-state index in [-0.39, 0.29) is 0 Å². The number of hydrogen-bond donors (Lipinski definition) is 1. The van der Waals surface area contributed by atoms with E-state index in [0.717, 1.165) is 24.7 Å². The molecule has 1 aromatic rings. The van der Waals surface area contributed by atoms with Crippen molar-refractivity contribution in [3.8, 4) is 0 Å². The van der Waals surface area contributed by atoms with Crippen LogP contribution in [0.2, 0.25) is 0 Å². The Labute approximate surface area is 79.1 Å². The number of nitrogens with one attached hydrogen (secondary N) is 1. The van der Waals surface area contributed by atoms with Crippen LogP contribution in [0.1, 0.15) is 25.5 Å². The number of nitrogens with zero attached hydrogens (tertiary/aromatic N) is 2. The number of aryl methyl sites for hydroxylation is 2. The van der Waals surface area contributed by atoms with E-state index in [1.807, 2.05) is 11.7 Å². The first-order valence-electron chi connectivity index (χ1n) is 5.06. The van der Waals surface area contributed by atoms with Crippen molar-refractivity contribution in [1.29, 1.82) is 0 Å². The molecule has 1 aliphatic rings. The van der Waals surface area contributed by atoms with E-state index in [4.69, 9.17) is 0 Å². The molecule has 0 aliphatic heterocycles. The molecule has 1 N–H and O–H groups in total. The van der Waals surface area contributed by atoms with Crippen LogP contribution >= 0.6 is 0 Å². The van der Waals surface area contributed by atoms with Gasteiger partial charge < -0.3 is 5.32 Å². The van der Waals surface area contributed by atoms with Crippen LogP contribution in [0, 0.1) is 5.92 Å². The van der Waals surface area contributed by atoms with Gasteiger partial charge in [0.1, 0.15) is 5.82 Å². The lowest BCUT2D eigenvalue weighted by molar-refractivity contribution is 0.742. The number of hydrogen-bond acceptors (Lipinski definition) is 2. The van der Waals surface area contributed by atoms with Crippen LogP contribution < -0.4 is 5.32 Å². The third-order valence-corrected chi connectivity index (χ3v) is 2.56. The van der Waals surface area contributed by atoms with Gasteiger partial charge in [0.2, 0.25) is 0 Å². The molecule has 13 heavy (non-hydrogen) atoms. The summed E-state index contributed by atoms with van der Waals surface area (Å²) in [5.74, 6) is 2.07. The molecule has 1 heterocycles. The molecular formula is C10H17N3. The predicted octanol–water partition coefficient (Wildman–Crippen LogP) is 1.80. The van der Waals surface area contributed by atoms with Crippen LogP contribution in [-0.4, -0.2) is 16.3 Å². The van der Waals surface area contributed by atoms with E-state index in [1.54, 1.807) is 0 Å². The molecule has 3 nitrogen and oxygen atoms in total. The smallest absolute Gasteiger partial charge is 0.124 e. The van der Waals surface area contributed by atoms with Crippen molar-refractivity contribution in [2.75, 3.05) is 11.9 Å². The largest absolute Gasteiger partial charge is 0.370 e. The molecule has 0 saturated heterocycles. The zero-order chi connectivity index (χ0) is 9.26. The fourth-order valence-corrected chi connectivity index (χ4v) is 1.44. The Bertz CT molecular complexity index is 286. The molecule has 1 saturated carbocycles. The maximum absolute atomic E-state index is 4.38. The van der Waals surface area contributed by atoms with Crippen LogP contribution in [0.25, 0.3) is 0 Å². The van der Waals surface area contributed by atoms with E-state index in [0.29, 0.717) is 0 Å². The molecule has 3 heteroatoms. The van der Waals surface area contributed by atoms with Crippen LogP contribution in [0.15, 0.2) is 6.07 Å². The van der Waals surface area contributed by atoms with Crippen molar-refractivity contribution in [2.45, 2.75) is 26.2 Å². The van der Waals surface area contributed by atoms with Crippen molar-refractivity contribution in [3.05, 3.63) is 11.8 Å². The number of aromatic nitrogens is 2. The van der Waals surface area contributed by atoms with Crippen LogP contribution in [0.3, 0.4) is 0 Å². The van der Waals surface area contributed by atoms with Crippen molar-refractivity contribution in [2.24, 2.45) is 13.0 Å². The van der Waals surface area contributed by atoms with Gasteiger partial charge in [-0.1, -0.05) is 6.92 Å². The third-order valence-electron chi connectivity index (χ3n) is 2.56. The maximum atomic E-state index is 4.38. The van der Waals surface area contributed by atoms with Crippen LogP contribution in [-0.2, 0) is 13.5 Å². The second-order valence-electron chi connectivity index (χ2n) is 3.82. The average molecular weight is 179 g/mol. The summed E-state index contributed by atoms with van der Waals surface area (Å²) in [6.07, 6.45) is 3.80. The lowest BCUT2D eigenvalue weighted by atomic mass is 10.3. The predicted molar refractivity (Wildman–Crippen MR) is 53.8 cm³/mol. The van der Waals surface area contributed by atoms with Gasteiger partial charge in [-0.3, -0.25) is 4.68 Å². The number of rotatable bonds is 4. The minimum Gasteiger partial charge on any atom is -0.370 e. The molecular weight excluding hydrogens is 162 g/mol. The lowest BCUT2D eigenvalue weighted by Crippen LogP contribution is -2.07. The molecule has 0 unspecified atom stereocenters. The topological polar surface area (TPSA) is 29.9 Å². The Balaban J connectivity index is 1.96. The summed E-state index contributed by atoms with van der Waals surface area (Å²) < 4.78 is 1.93. The first kappa shape index (κ1) is 8.60. The Hall–Kier alpha value is -0.990. The van der Waals surface area contributed by atoms with Gasteiger partial charge in [0.25, 0.3) is 0 Å². The second-order valence-corrected chi connectivity index (χ2v) is 3.82. The Morgan fingerprint density at radius 2 is 2.38 bits per heavy atom. The van der Waals surface area contributed by atoms with Gasteiger partial charge in [0.05, 0.1) is 5.69 Å². The SMILES string of the molecule is CCc1cc(NCC2CC2)n(C)n1. The summed E-state index contributed by atoms with van der Waals surface area (Å²) in [4.78, 5) is 0. The minimum atomic E-state index is 0.917. The molecule has 2 rings (SSSR count). The van der Waals surface area contributed by atoms with E-state index in [9.17, 15) is 0 Å². The molecule has 0 radical (unpaired) electrons. The molecule has 0 atom stereocenters. The van der Waals surface area contributed by atoms with Gasteiger partial charge in [-0.15, -0.1) is 0 Å². The molecule has 0 amide bonds. The summed E-state index contributed by atoms with van der Waals surface area (Å²) in [5.41, 5.74) is 1.17. The number of anilines is 1. The van der Waals surface area contributed by atoms with Crippen molar-refractivity contribution in [3.63, 3.8) is 0 Å². The molecule has 1 aliphatic carbocycles. The summed E-state index contributed by atoms with van der Waals surface area (Å²) >= 11 is 0. The second kappa shape index (κ2) is 3.40. The van der Waals surface area contributed by atoms with Crippen molar-refractivity contribution in [1.82, 2.24) is 9.78 Å². The molecule has 72 valence electrons. The van der Waals surface area contributed by atoms with E-state index in [2.05, 4.69) is 23.4 Å². The molecule has 0 spiro atoms. The Kier molecular flexibility index (Phi) is 2.25. The first-order valence-corrected chi connectivity index (χ1v) is 5.06. The van der Waals surface area contributed by atoms with Gasteiger partial charge in [-0.2, -0.15) is 5.10 Å². The highest BCUT2D eigenvalue weighted by atomic mass is 15.3. The van der Waals surface area contributed by atoms with Crippen molar-refractivity contribution < 1.29 is 0 Å². The summed E-state index contributed by atoms with van der Waals surface area (Å²) in [5, 5.41) is 7.81. The average Bonchev–Trinajstić information content (AvgIpc) is 2.88. The normalized spacial score (nSPS) is 16.2. The fraction of sp³-hybridized carbons (Fsp3) is 0.700. The third kappa shape index (κ3) is 2.02. The Morgan fingerprint density at radius 3 is 2.92 bits per heavy atom. The van der Waals surface area contributed by atoms with Gasteiger partial charge in [-0.05, 0) is 25.2 Å². The lowest BCUT2D eigenvalue weighted by Gasteiger charge is -2.03. The zero-order valence-corrected chi connectivity index (χ0v) is 8.38. The van der Waals surface area contributed by atoms with E-state index < -0.39 is 0 Å². The van der Waals surface area contributed by atoms with E-state index in [1.165, 1.54) is 18.5 Å². The molecule has 1 aromatic heterocycles. The minimum absolute atomic E-state index is 0.917. The Morgan fingerprint density at radius 1 is 1.62 bits per heavy atom. The zero-order valence-electron chi connectivity index (χ0n) is 8.38. The van der Waals surface area contributed by atoms with Crippen LogP contribution in [0.4, 0.5) is 5.82 Å². The van der Waals surface area contributed by atoms with E-state index >= 15 is 0 Å². The molecule has 1 fully saturated rings. The summed E-state index contributed by atoms with van der Waals surface area (Å²) in [7, 11) is 1.99. The van der Waals surface area contributed by atoms with Gasteiger partial charge in [0, 0.05) is 19.7 Å². The molecule has 0 aromatic carbocycles. The highest BCUT2D eigenvalue weighted by Crippen LogP contribution is 2.28. The van der Waals surface area contributed by atoms with Crippen molar-refractivity contribution >= 4 is 5.82 Å². The quantitative estimate of drug-likeness (QED) is 0.764. The maximum Gasteiger partial charge on any atom is 0.124 e. The molecule has 0 bridgehead atoms. The summed E-state index contributed by atoms with van der Waals surface area (Å²) in [6, 6.07) is 2.14. The highest BCUT2D eigenvalue weighted by molar-refractivity contribution is 5.37. The first-order chi connectivity index (χ1) is 6.29. The van der Waals surface area contributed by atoms with Gasteiger partial charge in [-0.25, -0.2) is 0 Å². The fourth-order valence-electron chi connectivity index (χ4n) is 1.44. The summed E-state index contributed by atoms with van der Waals surface area (Å²) in [6.45, 7) is 3.25. The van der Waals surface area contributed by atoms with Gasteiger partial charge >= 0.3 is 0 Å². The highest BCUT2D eigenvalue weighted by Gasteiger charge is 2.21. The van der Waals surface area contributed by atoms with Gasteiger partial charge in [0.15, 0.2) is 0 Å².